The van der Waals surface area contributed by atoms with Gasteiger partial charge in [0.05, 0.1) is 4.92 Å². The Morgan fingerprint density at radius 1 is 1.39 bits per heavy atom. The van der Waals surface area contributed by atoms with E-state index in [0.29, 0.717) is 24.5 Å². The number of benzene rings is 1. The van der Waals surface area contributed by atoms with Gasteiger partial charge in [0.15, 0.2) is 0 Å². The monoisotopic (exact) mass is 317 g/mol. The van der Waals surface area contributed by atoms with Crippen LogP contribution in [0.1, 0.15) is 18.4 Å². The second-order valence-corrected chi connectivity index (χ2v) is 5.12. The zero-order valence-corrected chi connectivity index (χ0v) is 12.6. The van der Waals surface area contributed by atoms with E-state index in [1.165, 1.54) is 12.1 Å². The number of aromatic nitrogens is 2. The van der Waals surface area contributed by atoms with Crippen LogP contribution in [-0.4, -0.2) is 21.1 Å². The molecule has 0 fully saturated rings. The normalized spacial score (nSPS) is 10.5. The molecular formula is C15H17N4O4+. The summed E-state index contributed by atoms with van der Waals surface area (Å²) in [4.78, 5) is 20.8. The molecule has 0 amide bonds. The highest BCUT2D eigenvalue weighted by molar-refractivity contribution is 5.66. The maximum absolute atomic E-state index is 10.7. The van der Waals surface area contributed by atoms with Crippen molar-refractivity contribution in [3.63, 3.8) is 0 Å². The lowest BCUT2D eigenvalue weighted by molar-refractivity contribution is -0.740. The number of nitro benzene ring substituents is 1. The first-order valence-corrected chi connectivity index (χ1v) is 7.02. The molecule has 8 heteroatoms. The van der Waals surface area contributed by atoms with Gasteiger partial charge >= 0.3 is 5.97 Å². The third kappa shape index (κ3) is 4.00. The summed E-state index contributed by atoms with van der Waals surface area (Å²) in [6, 6.07) is 7.87. The van der Waals surface area contributed by atoms with Crippen molar-refractivity contribution in [2.75, 3.05) is 5.73 Å². The molecule has 3 N–H and O–H groups in total. The second-order valence-electron chi connectivity index (χ2n) is 5.12. The van der Waals surface area contributed by atoms with Crippen LogP contribution in [0.3, 0.4) is 0 Å². The first-order chi connectivity index (χ1) is 10.9. The molecule has 23 heavy (non-hydrogen) atoms. The van der Waals surface area contributed by atoms with Crippen molar-refractivity contribution in [3.8, 4) is 11.3 Å². The lowest BCUT2D eigenvalue weighted by atomic mass is 10.1. The molecule has 0 saturated heterocycles. The molecule has 0 bridgehead atoms. The highest BCUT2D eigenvalue weighted by Gasteiger charge is 2.15. The van der Waals surface area contributed by atoms with Crippen molar-refractivity contribution >= 4 is 17.5 Å². The van der Waals surface area contributed by atoms with E-state index in [0.717, 1.165) is 11.1 Å². The number of anilines is 1. The summed E-state index contributed by atoms with van der Waals surface area (Å²) in [5.41, 5.74) is 8.15. The van der Waals surface area contributed by atoms with Crippen LogP contribution < -0.4 is 10.4 Å². The number of hydrogen-bond donors (Lipinski definition) is 2. The predicted molar refractivity (Wildman–Crippen MR) is 82.5 cm³/mol. The van der Waals surface area contributed by atoms with Crippen molar-refractivity contribution in [2.45, 2.75) is 26.3 Å². The Labute approximate surface area is 132 Å². The Morgan fingerprint density at radius 3 is 2.61 bits per heavy atom. The van der Waals surface area contributed by atoms with E-state index in [9.17, 15) is 14.9 Å². The lowest BCUT2D eigenvalue weighted by Crippen LogP contribution is -2.42. The van der Waals surface area contributed by atoms with Gasteiger partial charge in [0.25, 0.3) is 11.5 Å². The van der Waals surface area contributed by atoms with Crippen molar-refractivity contribution in [1.82, 2.24) is 5.10 Å². The molecule has 0 saturated carbocycles. The van der Waals surface area contributed by atoms with E-state index >= 15 is 0 Å². The number of nitro groups is 1. The molecule has 0 atom stereocenters. The van der Waals surface area contributed by atoms with Crippen LogP contribution in [0.4, 0.5) is 11.5 Å². The van der Waals surface area contributed by atoms with Gasteiger partial charge in [0.1, 0.15) is 12.2 Å². The molecule has 120 valence electrons. The van der Waals surface area contributed by atoms with Gasteiger partial charge in [0, 0.05) is 29.7 Å². The average molecular weight is 317 g/mol. The fraction of sp³-hybridized carbons (Fsp3) is 0.267. The third-order valence-electron chi connectivity index (χ3n) is 3.40. The number of carboxylic acids is 1. The van der Waals surface area contributed by atoms with Crippen LogP contribution in [0.15, 0.2) is 30.3 Å². The van der Waals surface area contributed by atoms with Crippen LogP contribution in [0, 0.1) is 17.0 Å². The first kappa shape index (κ1) is 16.3. The number of nitrogens with two attached hydrogens (primary N) is 1. The summed E-state index contributed by atoms with van der Waals surface area (Å²) in [5, 5.41) is 23.8. The Hall–Kier alpha value is -3.03. The Morgan fingerprint density at radius 2 is 2.04 bits per heavy atom. The van der Waals surface area contributed by atoms with Crippen LogP contribution >= 0.6 is 0 Å². The summed E-state index contributed by atoms with van der Waals surface area (Å²) in [6.07, 6.45) is 0.454. The highest BCUT2D eigenvalue weighted by Crippen LogP contribution is 2.21. The highest BCUT2D eigenvalue weighted by atomic mass is 16.6. The molecule has 1 aromatic heterocycles. The minimum atomic E-state index is -0.868. The number of rotatable bonds is 6. The lowest BCUT2D eigenvalue weighted by Gasteiger charge is -2.07. The topological polar surface area (TPSA) is 123 Å². The average Bonchev–Trinajstić information content (AvgIpc) is 2.51. The summed E-state index contributed by atoms with van der Waals surface area (Å²) in [6.45, 7) is 2.22. The Kier molecular flexibility index (Phi) is 4.85. The first-order valence-electron chi connectivity index (χ1n) is 7.02. The van der Waals surface area contributed by atoms with Crippen LogP contribution in [0.5, 0.6) is 0 Å². The molecular weight excluding hydrogens is 300 g/mol. The summed E-state index contributed by atoms with van der Waals surface area (Å²) in [5.74, 6) is -0.395. The maximum Gasteiger partial charge on any atom is 0.303 e. The summed E-state index contributed by atoms with van der Waals surface area (Å²) in [7, 11) is 0. The smallest absolute Gasteiger partial charge is 0.303 e. The molecule has 2 aromatic rings. The number of nitrogen functional groups attached to an aromatic ring is 1. The zero-order chi connectivity index (χ0) is 17.0. The Balaban J connectivity index is 2.30. The summed E-state index contributed by atoms with van der Waals surface area (Å²) >= 11 is 0. The van der Waals surface area contributed by atoms with Crippen LogP contribution in [-0.2, 0) is 11.3 Å². The molecule has 0 radical (unpaired) electrons. The second kappa shape index (κ2) is 6.82. The third-order valence-corrected chi connectivity index (χ3v) is 3.40. The quantitative estimate of drug-likeness (QED) is 0.475. The van der Waals surface area contributed by atoms with E-state index in [4.69, 9.17) is 10.8 Å². The molecule has 0 aliphatic carbocycles. The number of aliphatic carboxylic acids is 1. The summed E-state index contributed by atoms with van der Waals surface area (Å²) < 4.78 is 1.56. The van der Waals surface area contributed by atoms with Crippen LogP contribution in [0.25, 0.3) is 11.3 Å². The van der Waals surface area contributed by atoms with Crippen molar-refractivity contribution in [3.05, 3.63) is 46.0 Å². The van der Waals surface area contributed by atoms with E-state index in [2.05, 4.69) is 5.10 Å². The fourth-order valence-corrected chi connectivity index (χ4v) is 2.14. The van der Waals surface area contributed by atoms with Crippen LogP contribution in [0.2, 0.25) is 0 Å². The van der Waals surface area contributed by atoms with Gasteiger partial charge in [-0.2, -0.15) is 0 Å². The van der Waals surface area contributed by atoms with Crippen molar-refractivity contribution in [2.24, 2.45) is 0 Å². The van der Waals surface area contributed by atoms with E-state index in [1.807, 2.05) is 6.92 Å². The number of non-ortho nitro benzene ring substituents is 1. The van der Waals surface area contributed by atoms with Gasteiger partial charge in [-0.15, -0.1) is 4.68 Å². The van der Waals surface area contributed by atoms with Crippen molar-refractivity contribution in [1.29, 1.82) is 0 Å². The molecule has 0 aliphatic rings. The van der Waals surface area contributed by atoms with E-state index in [1.54, 1.807) is 22.9 Å². The predicted octanol–water partition coefficient (Wildman–Crippen LogP) is 1.70. The molecule has 8 nitrogen and oxygen atoms in total. The standard InChI is InChI=1S/C15H16N4O4/c1-10-9-13(11-4-6-12(7-5-11)19(22)23)17-18(15(10)16)8-2-3-14(20)21/h4-7,9,16H,2-3,8H2,1H3,(H,20,21)/p+1. The molecule has 1 aromatic carbocycles. The molecule has 0 aliphatic heterocycles. The van der Waals surface area contributed by atoms with Crippen molar-refractivity contribution < 1.29 is 19.5 Å². The Bertz CT molecular complexity index is 744. The largest absolute Gasteiger partial charge is 0.481 e. The maximum atomic E-state index is 10.7. The molecule has 0 unspecified atom stereocenters. The van der Waals surface area contributed by atoms with Gasteiger partial charge in [-0.1, -0.05) is 5.10 Å². The minimum absolute atomic E-state index is 0.00949. The number of aryl methyl sites for hydroxylation is 2. The fourth-order valence-electron chi connectivity index (χ4n) is 2.14. The zero-order valence-electron chi connectivity index (χ0n) is 12.6. The van der Waals surface area contributed by atoms with Gasteiger partial charge in [0.2, 0.25) is 0 Å². The molecule has 1 heterocycles. The van der Waals surface area contributed by atoms with E-state index < -0.39 is 10.9 Å². The van der Waals surface area contributed by atoms with Gasteiger partial charge in [-0.05, 0) is 31.5 Å². The van der Waals surface area contributed by atoms with E-state index in [-0.39, 0.29) is 12.1 Å². The molecule has 2 rings (SSSR count). The molecule has 0 spiro atoms. The number of carboxylic acid groups (broad SMARTS) is 1. The van der Waals surface area contributed by atoms with Gasteiger partial charge in [-0.25, -0.2) is 0 Å². The van der Waals surface area contributed by atoms with Gasteiger partial charge in [-0.3, -0.25) is 20.6 Å². The number of nitrogens with zero attached hydrogens (tertiary/aromatic N) is 3. The number of hydrogen-bond acceptors (Lipinski definition) is 5. The van der Waals surface area contributed by atoms with Gasteiger partial charge < -0.3 is 5.11 Å². The SMILES string of the molecule is Cc1cc(-c2ccc([N+](=O)[O-])cc2)n[n+](CCCC(=O)O)c1N. The minimum Gasteiger partial charge on any atom is -0.481 e. The number of carbonyl (C=O) groups is 1.